The van der Waals surface area contributed by atoms with Crippen LogP contribution in [0.15, 0.2) is 30.3 Å². The van der Waals surface area contributed by atoms with Gasteiger partial charge in [-0.05, 0) is 58.4 Å². The van der Waals surface area contributed by atoms with Gasteiger partial charge < -0.3 is 19.5 Å². The smallest absolute Gasteiger partial charge is 0.410 e. The van der Waals surface area contributed by atoms with Crippen molar-refractivity contribution in [2.24, 2.45) is 5.92 Å². The molecule has 2 aliphatic rings. The van der Waals surface area contributed by atoms with Gasteiger partial charge in [-0.15, -0.1) is 0 Å². The Labute approximate surface area is 191 Å². The minimum absolute atomic E-state index is 0.181. The lowest BCUT2D eigenvalue weighted by molar-refractivity contribution is -0.136. The lowest BCUT2D eigenvalue weighted by Crippen LogP contribution is -2.52. The van der Waals surface area contributed by atoms with Crippen molar-refractivity contribution in [3.8, 4) is 0 Å². The molecule has 0 aromatic heterocycles. The number of rotatable bonds is 7. The predicted molar refractivity (Wildman–Crippen MR) is 122 cm³/mol. The predicted octanol–water partition coefficient (Wildman–Crippen LogP) is 4.25. The quantitative estimate of drug-likeness (QED) is 0.678. The molecule has 1 aromatic rings. The molecule has 3 rings (SSSR count). The van der Waals surface area contributed by atoms with E-state index in [4.69, 9.17) is 14.2 Å². The van der Waals surface area contributed by atoms with E-state index in [1.807, 2.05) is 58.0 Å². The van der Waals surface area contributed by atoms with Crippen molar-refractivity contribution in [3.05, 3.63) is 35.9 Å². The van der Waals surface area contributed by atoms with Crippen molar-refractivity contribution in [1.82, 2.24) is 10.2 Å². The van der Waals surface area contributed by atoms with E-state index < -0.39 is 29.6 Å². The number of benzene rings is 1. The molecule has 178 valence electrons. The van der Waals surface area contributed by atoms with Crippen molar-refractivity contribution in [2.45, 2.75) is 97.0 Å². The van der Waals surface area contributed by atoms with Gasteiger partial charge in [0.25, 0.3) is 0 Å². The van der Waals surface area contributed by atoms with Crippen LogP contribution in [-0.4, -0.2) is 53.0 Å². The molecule has 7 heteroatoms. The number of carbonyl (C=O) groups is 2. The number of nitrogens with one attached hydrogen (secondary N) is 1. The third-order valence-electron chi connectivity index (χ3n) is 6.65. The highest BCUT2D eigenvalue weighted by atomic mass is 16.7. The molecule has 2 amide bonds. The highest BCUT2D eigenvalue weighted by Crippen LogP contribution is 2.40. The summed E-state index contributed by atoms with van der Waals surface area (Å²) in [6.07, 6.45) is 1.11. The Kier molecular flexibility index (Phi) is 7.50. The van der Waals surface area contributed by atoms with E-state index in [-0.39, 0.29) is 18.6 Å². The molecule has 32 heavy (non-hydrogen) atoms. The molecule has 0 radical (unpaired) electrons. The first-order chi connectivity index (χ1) is 15.0. The lowest BCUT2D eigenvalue weighted by Gasteiger charge is -2.30. The van der Waals surface area contributed by atoms with Crippen LogP contribution in [-0.2, 0) is 25.6 Å². The van der Waals surface area contributed by atoms with Gasteiger partial charge in [-0.3, -0.25) is 9.69 Å². The Morgan fingerprint density at radius 2 is 1.75 bits per heavy atom. The minimum atomic E-state index is -0.546. The van der Waals surface area contributed by atoms with Gasteiger partial charge in [0.15, 0.2) is 6.29 Å². The Morgan fingerprint density at radius 1 is 1.12 bits per heavy atom. The van der Waals surface area contributed by atoms with E-state index in [1.165, 1.54) is 4.90 Å². The third-order valence-corrected chi connectivity index (χ3v) is 6.65. The van der Waals surface area contributed by atoms with E-state index in [0.29, 0.717) is 25.3 Å². The first-order valence-electron chi connectivity index (χ1n) is 11.6. The van der Waals surface area contributed by atoms with Gasteiger partial charge in [-0.2, -0.15) is 0 Å². The first-order valence-corrected chi connectivity index (χ1v) is 11.6. The van der Waals surface area contributed by atoms with Gasteiger partial charge in [0.1, 0.15) is 12.6 Å². The molecule has 0 bridgehead atoms. The fourth-order valence-electron chi connectivity index (χ4n) is 4.14. The molecule has 0 spiro atoms. The average molecular weight is 447 g/mol. The van der Waals surface area contributed by atoms with Gasteiger partial charge in [0.05, 0.1) is 17.2 Å². The minimum Gasteiger partial charge on any atom is -0.445 e. The first kappa shape index (κ1) is 24.5. The molecule has 2 atom stereocenters. The zero-order valence-electron chi connectivity index (χ0n) is 20.2. The molecule has 2 heterocycles. The van der Waals surface area contributed by atoms with E-state index in [1.54, 1.807) is 0 Å². The molecule has 1 N–H and O–H groups in total. The Hall–Kier alpha value is -2.12. The van der Waals surface area contributed by atoms with Crippen LogP contribution in [0.5, 0.6) is 0 Å². The molecule has 0 aliphatic carbocycles. The largest absolute Gasteiger partial charge is 0.445 e. The molecule has 2 saturated heterocycles. The monoisotopic (exact) mass is 446 g/mol. The van der Waals surface area contributed by atoms with Gasteiger partial charge in [0.2, 0.25) is 5.91 Å². The second-order valence-electron chi connectivity index (χ2n) is 10.3. The van der Waals surface area contributed by atoms with E-state index in [0.717, 1.165) is 12.0 Å². The topological polar surface area (TPSA) is 77.1 Å². The molecule has 2 fully saturated rings. The molecule has 1 aromatic carbocycles. The summed E-state index contributed by atoms with van der Waals surface area (Å²) in [6, 6.07) is 8.69. The maximum atomic E-state index is 13.2. The molecule has 0 saturated carbocycles. The highest BCUT2D eigenvalue weighted by molar-refractivity contribution is 5.86. The van der Waals surface area contributed by atoms with Gasteiger partial charge >= 0.3 is 6.09 Å². The number of nitrogens with zero attached hydrogens (tertiary/aromatic N) is 1. The summed E-state index contributed by atoms with van der Waals surface area (Å²) in [5, 5.41) is 3.13. The Morgan fingerprint density at radius 3 is 2.34 bits per heavy atom. The summed E-state index contributed by atoms with van der Waals surface area (Å²) < 4.78 is 17.9. The van der Waals surface area contributed by atoms with Gasteiger partial charge in [0, 0.05) is 6.54 Å². The number of hydrogen-bond donors (Lipinski definition) is 1. The molecular formula is C25H38N2O5. The normalized spacial score (nSPS) is 23.3. The summed E-state index contributed by atoms with van der Waals surface area (Å²) in [5.41, 5.74) is -0.0323. The molecule has 0 unspecified atom stereocenters. The second kappa shape index (κ2) is 9.79. The average Bonchev–Trinajstić information content (AvgIpc) is 3.28. The van der Waals surface area contributed by atoms with Crippen molar-refractivity contribution in [2.75, 3.05) is 6.54 Å². The van der Waals surface area contributed by atoms with Crippen LogP contribution in [0.3, 0.4) is 0 Å². The number of carbonyl (C=O) groups excluding carboxylic acids is 2. The van der Waals surface area contributed by atoms with Crippen molar-refractivity contribution in [3.63, 3.8) is 0 Å². The van der Waals surface area contributed by atoms with Crippen LogP contribution in [0.1, 0.15) is 66.4 Å². The van der Waals surface area contributed by atoms with Crippen LogP contribution in [0, 0.1) is 5.92 Å². The molecular weight excluding hydrogens is 408 g/mol. The Bertz CT molecular complexity index is 777. The SMILES string of the molecule is CC(C)C[C@H](NC(=O)[C@@H]1CCCN1C(=O)OCc1ccccc1)C1OC(C)(C)C(C)(C)O1. The van der Waals surface area contributed by atoms with Crippen molar-refractivity contribution < 1.29 is 23.8 Å². The van der Waals surface area contributed by atoms with Crippen LogP contribution >= 0.6 is 0 Å². The number of hydrogen-bond acceptors (Lipinski definition) is 5. The molecule has 7 nitrogen and oxygen atoms in total. The summed E-state index contributed by atoms with van der Waals surface area (Å²) in [7, 11) is 0. The van der Waals surface area contributed by atoms with Crippen LogP contribution in [0.25, 0.3) is 0 Å². The summed E-state index contributed by atoms with van der Waals surface area (Å²) in [5.74, 6) is 0.161. The zero-order valence-corrected chi connectivity index (χ0v) is 20.2. The summed E-state index contributed by atoms with van der Waals surface area (Å²) in [6.45, 7) is 12.9. The Balaban J connectivity index is 1.64. The maximum Gasteiger partial charge on any atom is 0.410 e. The van der Waals surface area contributed by atoms with E-state index in [9.17, 15) is 9.59 Å². The number of amides is 2. The standard InChI is InChI=1S/C25H38N2O5/c1-17(2)15-19(22-31-24(3,4)25(5,6)32-22)26-21(28)20-13-10-14-27(20)23(29)30-16-18-11-8-7-9-12-18/h7-9,11-12,17,19-20,22H,10,13-16H2,1-6H3,(H,26,28)/t19-,20-/m0/s1. The summed E-state index contributed by atoms with van der Waals surface area (Å²) in [4.78, 5) is 27.5. The lowest BCUT2D eigenvalue weighted by atomic mass is 9.90. The van der Waals surface area contributed by atoms with E-state index >= 15 is 0 Å². The van der Waals surface area contributed by atoms with Crippen molar-refractivity contribution in [1.29, 1.82) is 0 Å². The number of ether oxygens (including phenoxy) is 3. The zero-order chi connectivity index (χ0) is 23.5. The van der Waals surface area contributed by atoms with E-state index in [2.05, 4.69) is 19.2 Å². The van der Waals surface area contributed by atoms with Crippen LogP contribution < -0.4 is 5.32 Å². The highest BCUT2D eigenvalue weighted by Gasteiger charge is 2.51. The maximum absolute atomic E-state index is 13.2. The van der Waals surface area contributed by atoms with Gasteiger partial charge in [-0.25, -0.2) is 4.79 Å². The fraction of sp³-hybridized carbons (Fsp3) is 0.680. The van der Waals surface area contributed by atoms with Crippen LogP contribution in [0.2, 0.25) is 0 Å². The van der Waals surface area contributed by atoms with Crippen molar-refractivity contribution >= 4 is 12.0 Å². The molecule has 2 aliphatic heterocycles. The summed E-state index contributed by atoms with van der Waals surface area (Å²) >= 11 is 0. The third kappa shape index (κ3) is 5.62. The van der Waals surface area contributed by atoms with Crippen LogP contribution in [0.4, 0.5) is 4.79 Å². The fourth-order valence-corrected chi connectivity index (χ4v) is 4.14. The second-order valence-corrected chi connectivity index (χ2v) is 10.3. The van der Waals surface area contributed by atoms with Gasteiger partial charge in [-0.1, -0.05) is 44.2 Å². The number of likely N-dealkylation sites (tertiary alicyclic amines) is 1.